The Bertz CT molecular complexity index is 608. The molecule has 1 aromatic heterocycles. The van der Waals surface area contributed by atoms with Gasteiger partial charge in [-0.25, -0.2) is 0 Å². The summed E-state index contributed by atoms with van der Waals surface area (Å²) in [6, 6.07) is 5.40. The van der Waals surface area contributed by atoms with Crippen LogP contribution in [0.1, 0.15) is 16.1 Å². The van der Waals surface area contributed by atoms with E-state index < -0.39 is 0 Å². The van der Waals surface area contributed by atoms with Gasteiger partial charge in [-0.3, -0.25) is 9.48 Å². The number of ketones is 1. The zero-order chi connectivity index (χ0) is 13.3. The van der Waals surface area contributed by atoms with Crippen molar-refractivity contribution in [2.45, 2.75) is 0 Å². The highest BCUT2D eigenvalue weighted by molar-refractivity contribution is 9.11. The molecule has 0 aliphatic carbocycles. The Labute approximate surface area is 121 Å². The Hall–Kier alpha value is -1.14. The number of halogens is 2. The first-order valence-corrected chi connectivity index (χ1v) is 6.69. The molecular formula is C12H10Br2N2O2. The molecule has 0 radical (unpaired) electrons. The number of hydrogen-bond donors (Lipinski definition) is 0. The van der Waals surface area contributed by atoms with Gasteiger partial charge in [0.15, 0.2) is 11.4 Å². The molecule has 18 heavy (non-hydrogen) atoms. The van der Waals surface area contributed by atoms with E-state index in [-0.39, 0.29) is 5.78 Å². The lowest BCUT2D eigenvalue weighted by atomic mass is 10.1. The van der Waals surface area contributed by atoms with Gasteiger partial charge in [-0.15, -0.1) is 0 Å². The number of nitrogens with zero attached hydrogens (tertiary/aromatic N) is 2. The highest BCUT2D eigenvalue weighted by atomic mass is 79.9. The van der Waals surface area contributed by atoms with E-state index in [0.717, 1.165) is 8.95 Å². The number of rotatable bonds is 3. The number of carbonyl (C=O) groups excluding carboxylic acids is 1. The first kappa shape index (κ1) is 13.3. The van der Waals surface area contributed by atoms with Gasteiger partial charge < -0.3 is 4.74 Å². The van der Waals surface area contributed by atoms with Crippen molar-refractivity contribution < 1.29 is 9.53 Å². The van der Waals surface area contributed by atoms with Crippen LogP contribution >= 0.6 is 31.9 Å². The maximum absolute atomic E-state index is 12.5. The summed E-state index contributed by atoms with van der Waals surface area (Å²) in [4.78, 5) is 12.5. The molecule has 0 saturated carbocycles. The van der Waals surface area contributed by atoms with Crippen molar-refractivity contribution in [1.82, 2.24) is 9.78 Å². The highest BCUT2D eigenvalue weighted by Crippen LogP contribution is 2.27. The van der Waals surface area contributed by atoms with Crippen LogP contribution in [0.3, 0.4) is 0 Å². The first-order valence-electron chi connectivity index (χ1n) is 5.10. The van der Waals surface area contributed by atoms with Crippen molar-refractivity contribution in [3.8, 4) is 5.75 Å². The van der Waals surface area contributed by atoms with Crippen LogP contribution in [0.5, 0.6) is 5.75 Å². The van der Waals surface area contributed by atoms with Crippen molar-refractivity contribution in [3.05, 3.63) is 44.6 Å². The Morgan fingerprint density at radius 3 is 2.72 bits per heavy atom. The van der Waals surface area contributed by atoms with Gasteiger partial charge >= 0.3 is 0 Å². The van der Waals surface area contributed by atoms with E-state index in [1.54, 1.807) is 13.1 Å². The molecule has 0 spiro atoms. The van der Waals surface area contributed by atoms with Crippen LogP contribution in [0.2, 0.25) is 0 Å². The zero-order valence-corrected chi connectivity index (χ0v) is 12.9. The Balaban J connectivity index is 2.51. The lowest BCUT2D eigenvalue weighted by Gasteiger charge is -2.06. The lowest BCUT2D eigenvalue weighted by molar-refractivity contribution is 0.102. The van der Waals surface area contributed by atoms with Crippen molar-refractivity contribution in [2.24, 2.45) is 7.05 Å². The molecule has 0 amide bonds. The van der Waals surface area contributed by atoms with Gasteiger partial charge in [0.05, 0.1) is 13.3 Å². The Morgan fingerprint density at radius 2 is 2.11 bits per heavy atom. The molecule has 2 aromatic rings. The van der Waals surface area contributed by atoms with Gasteiger partial charge in [0.1, 0.15) is 0 Å². The van der Waals surface area contributed by atoms with Crippen LogP contribution in [0, 0.1) is 0 Å². The summed E-state index contributed by atoms with van der Waals surface area (Å²) >= 11 is 6.74. The summed E-state index contributed by atoms with van der Waals surface area (Å²) in [7, 11) is 3.23. The zero-order valence-electron chi connectivity index (χ0n) is 9.78. The second-order valence-corrected chi connectivity index (χ2v) is 5.41. The second-order valence-electron chi connectivity index (χ2n) is 3.64. The van der Waals surface area contributed by atoms with Gasteiger partial charge in [0.2, 0.25) is 5.78 Å². The quantitative estimate of drug-likeness (QED) is 0.776. The summed E-state index contributed by atoms with van der Waals surface area (Å²) in [5.41, 5.74) is 1.00. The van der Waals surface area contributed by atoms with Gasteiger partial charge in [0, 0.05) is 21.6 Å². The third-order valence-corrected chi connectivity index (χ3v) is 3.67. The predicted molar refractivity (Wildman–Crippen MR) is 75.0 cm³/mol. The average molecular weight is 374 g/mol. The minimum Gasteiger partial charge on any atom is -0.493 e. The summed E-state index contributed by atoms with van der Waals surface area (Å²) in [5.74, 6) is 0.337. The molecule has 4 nitrogen and oxygen atoms in total. The Kier molecular flexibility index (Phi) is 3.87. The predicted octanol–water partition coefficient (Wildman–Crippen LogP) is 3.18. The normalized spacial score (nSPS) is 10.4. The van der Waals surface area contributed by atoms with Crippen LogP contribution in [0.25, 0.3) is 0 Å². The SMILES string of the molecule is COc1cnn(C)c1C(=O)c1ccc(Br)cc1Br. The van der Waals surface area contributed by atoms with Crippen LogP contribution < -0.4 is 4.74 Å². The fourth-order valence-corrected chi connectivity index (χ4v) is 2.85. The average Bonchev–Trinajstić information content (AvgIpc) is 2.69. The molecule has 1 aromatic carbocycles. The molecule has 0 aliphatic heterocycles. The largest absolute Gasteiger partial charge is 0.493 e. The number of aryl methyl sites for hydroxylation is 1. The van der Waals surface area contributed by atoms with E-state index in [2.05, 4.69) is 37.0 Å². The highest BCUT2D eigenvalue weighted by Gasteiger charge is 2.21. The fraction of sp³-hybridized carbons (Fsp3) is 0.167. The summed E-state index contributed by atoms with van der Waals surface area (Å²) in [6.45, 7) is 0. The molecule has 2 rings (SSSR count). The van der Waals surface area contributed by atoms with Gasteiger partial charge in [-0.1, -0.05) is 15.9 Å². The van der Waals surface area contributed by atoms with Crippen LogP contribution in [-0.2, 0) is 7.05 Å². The monoisotopic (exact) mass is 372 g/mol. The standard InChI is InChI=1S/C12H10Br2N2O2/c1-16-11(10(18-2)6-15-16)12(17)8-4-3-7(13)5-9(8)14/h3-6H,1-2H3. The summed E-state index contributed by atoms with van der Waals surface area (Å²) in [6.07, 6.45) is 1.53. The molecule has 0 atom stereocenters. The maximum atomic E-state index is 12.5. The van der Waals surface area contributed by atoms with Crippen molar-refractivity contribution in [1.29, 1.82) is 0 Å². The molecule has 0 N–H and O–H groups in total. The van der Waals surface area contributed by atoms with Crippen LogP contribution in [0.15, 0.2) is 33.3 Å². The van der Waals surface area contributed by atoms with Crippen molar-refractivity contribution >= 4 is 37.6 Å². The topological polar surface area (TPSA) is 44.1 Å². The smallest absolute Gasteiger partial charge is 0.215 e. The number of benzene rings is 1. The third kappa shape index (κ3) is 2.35. The second kappa shape index (κ2) is 5.24. The van der Waals surface area contributed by atoms with E-state index in [0.29, 0.717) is 17.0 Å². The maximum Gasteiger partial charge on any atom is 0.215 e. The number of ether oxygens (including phenoxy) is 1. The summed E-state index contributed by atoms with van der Waals surface area (Å²) in [5, 5.41) is 4.03. The molecule has 1 heterocycles. The molecule has 6 heteroatoms. The number of aromatic nitrogens is 2. The number of carbonyl (C=O) groups is 1. The van der Waals surface area contributed by atoms with E-state index in [1.165, 1.54) is 18.0 Å². The molecule has 94 valence electrons. The fourth-order valence-electron chi connectivity index (χ4n) is 1.63. The minimum absolute atomic E-state index is 0.133. The van der Waals surface area contributed by atoms with Crippen LogP contribution in [0.4, 0.5) is 0 Å². The molecule has 0 saturated heterocycles. The lowest BCUT2D eigenvalue weighted by Crippen LogP contribution is -2.10. The third-order valence-electron chi connectivity index (χ3n) is 2.52. The molecule has 0 bridgehead atoms. The summed E-state index contributed by atoms with van der Waals surface area (Å²) < 4.78 is 8.29. The van der Waals surface area contributed by atoms with E-state index in [9.17, 15) is 4.79 Å². The molecule has 0 fully saturated rings. The number of methoxy groups -OCH3 is 1. The van der Waals surface area contributed by atoms with Gasteiger partial charge in [-0.05, 0) is 34.1 Å². The van der Waals surface area contributed by atoms with E-state index in [4.69, 9.17) is 4.74 Å². The Morgan fingerprint density at radius 1 is 1.39 bits per heavy atom. The molecule has 0 aliphatic rings. The first-order chi connectivity index (χ1) is 8.54. The molecule has 0 unspecified atom stereocenters. The van der Waals surface area contributed by atoms with E-state index >= 15 is 0 Å². The molecular weight excluding hydrogens is 364 g/mol. The van der Waals surface area contributed by atoms with Crippen molar-refractivity contribution in [2.75, 3.05) is 7.11 Å². The number of hydrogen-bond acceptors (Lipinski definition) is 3. The van der Waals surface area contributed by atoms with Crippen molar-refractivity contribution in [3.63, 3.8) is 0 Å². The van der Waals surface area contributed by atoms with Crippen LogP contribution in [-0.4, -0.2) is 22.7 Å². The van der Waals surface area contributed by atoms with Gasteiger partial charge in [0.25, 0.3) is 0 Å². The minimum atomic E-state index is -0.133. The van der Waals surface area contributed by atoms with Gasteiger partial charge in [-0.2, -0.15) is 5.10 Å². The van der Waals surface area contributed by atoms with E-state index in [1.807, 2.05) is 12.1 Å².